The number of hydrogen-bond donors (Lipinski definition) is 2. The topological polar surface area (TPSA) is 81.1 Å². The van der Waals surface area contributed by atoms with E-state index in [2.05, 4.69) is 36.5 Å². The average molecular weight is 452 g/mol. The van der Waals surface area contributed by atoms with Crippen molar-refractivity contribution < 1.29 is 9.53 Å². The molecule has 0 aliphatic heterocycles. The Balaban J connectivity index is 1.55. The van der Waals surface area contributed by atoms with Crippen molar-refractivity contribution >= 4 is 44.4 Å². The largest absolute Gasteiger partial charge is 0.495 e. The molecule has 2 heterocycles. The minimum Gasteiger partial charge on any atom is -0.495 e. The van der Waals surface area contributed by atoms with E-state index in [1.165, 1.54) is 0 Å². The van der Waals surface area contributed by atoms with E-state index in [-0.39, 0.29) is 6.03 Å². The van der Waals surface area contributed by atoms with E-state index in [1.807, 2.05) is 41.0 Å². The Labute approximate surface area is 175 Å². The molecule has 0 saturated carbocycles. The summed E-state index contributed by atoms with van der Waals surface area (Å²) >= 11 is 3.40. The third-order valence-electron chi connectivity index (χ3n) is 4.41. The maximum atomic E-state index is 12.6. The van der Waals surface area contributed by atoms with Crippen molar-refractivity contribution in [2.75, 3.05) is 17.7 Å². The van der Waals surface area contributed by atoms with E-state index in [9.17, 15) is 4.79 Å². The summed E-state index contributed by atoms with van der Waals surface area (Å²) < 4.78 is 8.17. The number of imidazole rings is 1. The molecule has 2 aromatic carbocycles. The number of amides is 2. The van der Waals surface area contributed by atoms with Crippen molar-refractivity contribution in [3.63, 3.8) is 0 Å². The number of halogens is 1. The van der Waals surface area contributed by atoms with Gasteiger partial charge < -0.3 is 19.9 Å². The van der Waals surface area contributed by atoms with Gasteiger partial charge in [0.05, 0.1) is 30.3 Å². The molecule has 29 heavy (non-hydrogen) atoms. The number of rotatable bonds is 5. The van der Waals surface area contributed by atoms with E-state index >= 15 is 0 Å². The van der Waals surface area contributed by atoms with Gasteiger partial charge in [0, 0.05) is 23.4 Å². The highest BCUT2D eigenvalue weighted by atomic mass is 79.9. The molecule has 0 saturated heterocycles. The monoisotopic (exact) mass is 451 g/mol. The first-order valence-electron chi connectivity index (χ1n) is 8.88. The number of pyridine rings is 1. The molecule has 2 aromatic heterocycles. The second-order valence-corrected chi connectivity index (χ2v) is 7.24. The highest BCUT2D eigenvalue weighted by molar-refractivity contribution is 9.10. The van der Waals surface area contributed by atoms with E-state index in [4.69, 9.17) is 4.74 Å². The van der Waals surface area contributed by atoms with Gasteiger partial charge in [-0.05, 0) is 48.0 Å². The summed E-state index contributed by atoms with van der Waals surface area (Å²) in [5.74, 6) is 0.572. The van der Waals surface area contributed by atoms with Crippen molar-refractivity contribution in [2.24, 2.45) is 0 Å². The maximum absolute atomic E-state index is 12.6. The molecule has 0 aliphatic carbocycles. The van der Waals surface area contributed by atoms with Crippen LogP contribution in [0.4, 0.5) is 16.2 Å². The first-order chi connectivity index (χ1) is 14.1. The van der Waals surface area contributed by atoms with Crippen LogP contribution in [0.25, 0.3) is 11.0 Å². The van der Waals surface area contributed by atoms with Gasteiger partial charge in [0.15, 0.2) is 0 Å². The van der Waals surface area contributed by atoms with Crippen LogP contribution in [0.15, 0.2) is 71.7 Å². The summed E-state index contributed by atoms with van der Waals surface area (Å²) in [7, 11) is 1.56. The van der Waals surface area contributed by atoms with Crippen LogP contribution in [-0.4, -0.2) is 27.7 Å². The zero-order chi connectivity index (χ0) is 20.2. The number of benzene rings is 2. The van der Waals surface area contributed by atoms with Gasteiger partial charge in [0.2, 0.25) is 0 Å². The highest BCUT2D eigenvalue weighted by Crippen LogP contribution is 2.28. The number of para-hydroxylation sites is 1. The zero-order valence-corrected chi connectivity index (χ0v) is 17.2. The Hall–Kier alpha value is -3.39. The van der Waals surface area contributed by atoms with E-state index in [0.29, 0.717) is 23.7 Å². The maximum Gasteiger partial charge on any atom is 0.323 e. The summed E-state index contributed by atoms with van der Waals surface area (Å²) in [5.41, 5.74) is 3.96. The molecule has 0 radical (unpaired) electrons. The molecule has 0 aliphatic rings. The minimum atomic E-state index is -0.377. The zero-order valence-electron chi connectivity index (χ0n) is 15.6. The number of anilines is 2. The Kier molecular flexibility index (Phi) is 5.44. The molecule has 0 spiro atoms. The number of carbonyl (C=O) groups is 1. The number of fused-ring (bicyclic) bond motifs is 1. The Bertz CT molecular complexity index is 1160. The number of hydrogen-bond acceptors (Lipinski definition) is 4. The number of urea groups is 1. The molecule has 146 valence electrons. The molecule has 2 N–H and O–H groups in total. The summed E-state index contributed by atoms with van der Waals surface area (Å²) in [5, 5.41) is 5.69. The SMILES string of the molecule is COc1ccc(Br)cc1NC(=O)Nc1cccc2c1ncn2Cc1ccncc1. The molecule has 0 unspecified atom stereocenters. The van der Waals surface area contributed by atoms with Crippen LogP contribution in [0.5, 0.6) is 5.75 Å². The lowest BCUT2D eigenvalue weighted by Gasteiger charge is -2.12. The van der Waals surface area contributed by atoms with E-state index < -0.39 is 0 Å². The number of nitrogens with zero attached hydrogens (tertiary/aromatic N) is 3. The van der Waals surface area contributed by atoms with Crippen LogP contribution < -0.4 is 15.4 Å². The highest BCUT2D eigenvalue weighted by Gasteiger charge is 2.12. The number of nitrogens with one attached hydrogen (secondary N) is 2. The quantitative estimate of drug-likeness (QED) is 0.452. The summed E-state index contributed by atoms with van der Waals surface area (Å²) in [6.07, 6.45) is 5.30. The smallest absolute Gasteiger partial charge is 0.323 e. The van der Waals surface area contributed by atoms with Crippen LogP contribution in [0.1, 0.15) is 5.56 Å². The van der Waals surface area contributed by atoms with E-state index in [1.54, 1.807) is 38.0 Å². The van der Waals surface area contributed by atoms with Crippen LogP contribution in [-0.2, 0) is 6.54 Å². The fourth-order valence-electron chi connectivity index (χ4n) is 3.05. The van der Waals surface area contributed by atoms with Crippen molar-refractivity contribution in [2.45, 2.75) is 6.54 Å². The van der Waals surface area contributed by atoms with E-state index in [0.717, 1.165) is 21.1 Å². The van der Waals surface area contributed by atoms with Gasteiger partial charge in [0.1, 0.15) is 11.3 Å². The van der Waals surface area contributed by atoms with Crippen molar-refractivity contribution in [3.05, 3.63) is 77.3 Å². The Morgan fingerprint density at radius 2 is 1.90 bits per heavy atom. The van der Waals surface area contributed by atoms with Gasteiger partial charge in [0.25, 0.3) is 0 Å². The second kappa shape index (κ2) is 8.32. The van der Waals surface area contributed by atoms with Crippen LogP contribution in [0.3, 0.4) is 0 Å². The third kappa shape index (κ3) is 4.22. The van der Waals surface area contributed by atoms with Crippen molar-refractivity contribution in [3.8, 4) is 5.75 Å². The van der Waals surface area contributed by atoms with Crippen LogP contribution in [0.2, 0.25) is 0 Å². The first kappa shape index (κ1) is 18.9. The fraction of sp³-hybridized carbons (Fsp3) is 0.0952. The molecule has 8 heteroatoms. The summed E-state index contributed by atoms with van der Waals surface area (Å²) in [6, 6.07) is 14.6. The predicted molar refractivity (Wildman–Crippen MR) is 116 cm³/mol. The number of ether oxygens (including phenoxy) is 1. The van der Waals surface area contributed by atoms with Gasteiger partial charge >= 0.3 is 6.03 Å². The lowest BCUT2D eigenvalue weighted by molar-refractivity contribution is 0.262. The Morgan fingerprint density at radius 3 is 2.69 bits per heavy atom. The van der Waals surface area contributed by atoms with Gasteiger partial charge in [-0.25, -0.2) is 9.78 Å². The molecular formula is C21H18BrN5O2. The number of aromatic nitrogens is 3. The van der Waals surface area contributed by atoms with Crippen LogP contribution >= 0.6 is 15.9 Å². The molecule has 0 bridgehead atoms. The van der Waals surface area contributed by atoms with Crippen molar-refractivity contribution in [1.82, 2.24) is 14.5 Å². The number of methoxy groups -OCH3 is 1. The van der Waals surface area contributed by atoms with Gasteiger partial charge in [-0.15, -0.1) is 0 Å². The molecule has 2 amide bonds. The van der Waals surface area contributed by atoms with Gasteiger partial charge in [-0.1, -0.05) is 22.0 Å². The minimum absolute atomic E-state index is 0.377. The molecule has 4 rings (SSSR count). The van der Waals surface area contributed by atoms with Crippen LogP contribution in [0, 0.1) is 0 Å². The standard InChI is InChI=1S/C21H18BrN5O2/c1-29-19-6-5-15(22)11-17(19)26-21(28)25-16-3-2-4-18-20(16)24-13-27(18)12-14-7-9-23-10-8-14/h2-11,13H,12H2,1H3,(H2,25,26,28). The first-order valence-corrected chi connectivity index (χ1v) is 9.67. The molecule has 7 nitrogen and oxygen atoms in total. The number of carbonyl (C=O) groups excluding carboxylic acids is 1. The van der Waals surface area contributed by atoms with Crippen molar-refractivity contribution in [1.29, 1.82) is 0 Å². The third-order valence-corrected chi connectivity index (χ3v) is 4.90. The molecule has 0 fully saturated rings. The summed E-state index contributed by atoms with van der Waals surface area (Å²) in [4.78, 5) is 21.1. The predicted octanol–water partition coefficient (Wildman–Crippen LogP) is 4.89. The molecule has 0 atom stereocenters. The fourth-order valence-corrected chi connectivity index (χ4v) is 3.42. The molecular weight excluding hydrogens is 434 g/mol. The van der Waals surface area contributed by atoms with Gasteiger partial charge in [-0.3, -0.25) is 4.98 Å². The van der Waals surface area contributed by atoms with Gasteiger partial charge in [-0.2, -0.15) is 0 Å². The summed E-state index contributed by atoms with van der Waals surface area (Å²) in [6.45, 7) is 0.671. The lowest BCUT2D eigenvalue weighted by atomic mass is 10.2. The normalized spacial score (nSPS) is 10.7. The second-order valence-electron chi connectivity index (χ2n) is 6.32. The Morgan fingerprint density at radius 1 is 1.10 bits per heavy atom. The lowest BCUT2D eigenvalue weighted by Crippen LogP contribution is -2.20. The average Bonchev–Trinajstić information content (AvgIpc) is 3.13. The molecule has 4 aromatic rings.